The average molecular weight is 364 g/mol. The quantitative estimate of drug-likeness (QED) is 0.492. The molecule has 25 heavy (non-hydrogen) atoms. The van der Waals surface area contributed by atoms with E-state index in [-0.39, 0.29) is 5.91 Å². The summed E-state index contributed by atoms with van der Waals surface area (Å²) in [5.74, 6) is -0.0828. The van der Waals surface area contributed by atoms with Gasteiger partial charge in [0.1, 0.15) is 5.01 Å². The first-order valence-electron chi connectivity index (χ1n) is 7.94. The monoisotopic (exact) mass is 364 g/mol. The molecule has 2 aromatic carbocycles. The zero-order valence-corrected chi connectivity index (χ0v) is 15.5. The third-order valence-electron chi connectivity index (χ3n) is 4.10. The third kappa shape index (κ3) is 3.21. The number of benzene rings is 2. The number of anilines is 1. The average Bonchev–Trinajstić information content (AvgIpc) is 3.24. The molecule has 0 aliphatic rings. The van der Waals surface area contributed by atoms with Crippen LogP contribution in [0.3, 0.4) is 0 Å². The number of fused-ring (bicyclic) bond motifs is 1. The topological polar surface area (TPSA) is 42.0 Å². The Kier molecular flexibility index (Phi) is 4.11. The standard InChI is InChI=1S/C20H16N2OS2/c1-12-7-8-14(11-13(12)2)21-19(23)17-9-10-18(24-17)20-22-15-5-3-4-6-16(15)25-20/h3-11H,1-2H3,(H,21,23). The fourth-order valence-corrected chi connectivity index (χ4v) is 4.49. The second-order valence-electron chi connectivity index (χ2n) is 5.90. The Morgan fingerprint density at radius 2 is 1.80 bits per heavy atom. The molecule has 1 N–H and O–H groups in total. The smallest absolute Gasteiger partial charge is 0.265 e. The molecule has 124 valence electrons. The van der Waals surface area contributed by atoms with Gasteiger partial charge in [0.25, 0.3) is 5.91 Å². The number of thiazole rings is 1. The summed E-state index contributed by atoms with van der Waals surface area (Å²) in [5, 5.41) is 3.93. The summed E-state index contributed by atoms with van der Waals surface area (Å²) in [6.45, 7) is 4.10. The predicted molar refractivity (Wildman–Crippen MR) is 107 cm³/mol. The minimum atomic E-state index is -0.0828. The molecular formula is C20H16N2OS2. The van der Waals surface area contributed by atoms with E-state index in [1.165, 1.54) is 22.5 Å². The molecule has 0 saturated carbocycles. The van der Waals surface area contributed by atoms with Crippen molar-refractivity contribution < 1.29 is 4.79 Å². The second-order valence-corrected chi connectivity index (χ2v) is 8.02. The van der Waals surface area contributed by atoms with Crippen LogP contribution in [0.1, 0.15) is 20.8 Å². The van der Waals surface area contributed by atoms with E-state index in [2.05, 4.69) is 23.3 Å². The van der Waals surface area contributed by atoms with Gasteiger partial charge in [0.15, 0.2) is 0 Å². The molecule has 0 saturated heterocycles. The SMILES string of the molecule is Cc1ccc(NC(=O)c2ccc(-c3nc4ccccc4s3)s2)cc1C. The Labute approximate surface area is 154 Å². The summed E-state index contributed by atoms with van der Waals surface area (Å²) in [5.41, 5.74) is 4.20. The van der Waals surface area contributed by atoms with Crippen molar-refractivity contribution >= 4 is 44.5 Å². The van der Waals surface area contributed by atoms with Gasteiger partial charge >= 0.3 is 0 Å². The first-order valence-corrected chi connectivity index (χ1v) is 9.58. The van der Waals surface area contributed by atoms with Gasteiger partial charge in [-0.25, -0.2) is 4.98 Å². The second kappa shape index (κ2) is 6.43. The van der Waals surface area contributed by atoms with Crippen LogP contribution in [0, 0.1) is 13.8 Å². The molecule has 1 amide bonds. The molecule has 4 aromatic rings. The van der Waals surface area contributed by atoms with Gasteiger partial charge in [-0.2, -0.15) is 0 Å². The summed E-state index contributed by atoms with van der Waals surface area (Å²) >= 11 is 3.12. The lowest BCUT2D eigenvalue weighted by Crippen LogP contribution is -2.10. The van der Waals surface area contributed by atoms with Gasteiger partial charge in [0, 0.05) is 5.69 Å². The predicted octanol–water partition coefficient (Wildman–Crippen LogP) is 5.89. The lowest BCUT2D eigenvalue weighted by atomic mass is 10.1. The van der Waals surface area contributed by atoms with Crippen LogP contribution in [0.4, 0.5) is 5.69 Å². The molecular weight excluding hydrogens is 348 g/mol. The van der Waals surface area contributed by atoms with Crippen molar-refractivity contribution in [3.8, 4) is 9.88 Å². The molecule has 0 bridgehead atoms. The highest BCUT2D eigenvalue weighted by atomic mass is 32.1. The molecule has 0 fully saturated rings. The molecule has 3 nitrogen and oxygen atoms in total. The number of nitrogens with one attached hydrogen (secondary N) is 1. The van der Waals surface area contributed by atoms with Crippen molar-refractivity contribution in [1.29, 1.82) is 0 Å². The van der Waals surface area contributed by atoms with E-state index in [0.29, 0.717) is 4.88 Å². The number of rotatable bonds is 3. The molecule has 0 aliphatic carbocycles. The normalized spacial score (nSPS) is 11.0. The Morgan fingerprint density at radius 1 is 0.960 bits per heavy atom. The first-order chi connectivity index (χ1) is 12.1. The molecule has 0 atom stereocenters. The number of hydrogen-bond acceptors (Lipinski definition) is 4. The van der Waals surface area contributed by atoms with Crippen LogP contribution in [-0.2, 0) is 0 Å². The van der Waals surface area contributed by atoms with E-state index in [1.54, 1.807) is 11.3 Å². The minimum Gasteiger partial charge on any atom is -0.321 e. The number of hydrogen-bond donors (Lipinski definition) is 1. The van der Waals surface area contributed by atoms with E-state index in [0.717, 1.165) is 25.8 Å². The fourth-order valence-electron chi connectivity index (χ4n) is 2.56. The maximum absolute atomic E-state index is 12.5. The summed E-state index contributed by atoms with van der Waals surface area (Å²) in [6.07, 6.45) is 0. The first kappa shape index (κ1) is 16.0. The Bertz CT molecular complexity index is 1050. The minimum absolute atomic E-state index is 0.0828. The maximum Gasteiger partial charge on any atom is 0.265 e. The lowest BCUT2D eigenvalue weighted by molar-refractivity contribution is 0.103. The van der Waals surface area contributed by atoms with Crippen LogP contribution in [0.15, 0.2) is 54.6 Å². The van der Waals surface area contributed by atoms with Crippen molar-refractivity contribution in [2.24, 2.45) is 0 Å². The summed E-state index contributed by atoms with van der Waals surface area (Å²) in [4.78, 5) is 18.9. The summed E-state index contributed by atoms with van der Waals surface area (Å²) in [7, 11) is 0. The van der Waals surface area contributed by atoms with Gasteiger partial charge in [0.2, 0.25) is 0 Å². The molecule has 2 aromatic heterocycles. The summed E-state index contributed by atoms with van der Waals surface area (Å²) < 4.78 is 1.16. The summed E-state index contributed by atoms with van der Waals surface area (Å²) in [6, 6.07) is 17.9. The van der Waals surface area contributed by atoms with Gasteiger partial charge in [-0.3, -0.25) is 4.79 Å². The Morgan fingerprint density at radius 3 is 2.60 bits per heavy atom. The highest BCUT2D eigenvalue weighted by Crippen LogP contribution is 2.34. The van der Waals surface area contributed by atoms with Crippen LogP contribution in [0.2, 0.25) is 0 Å². The fraction of sp³-hybridized carbons (Fsp3) is 0.100. The lowest BCUT2D eigenvalue weighted by Gasteiger charge is -2.06. The number of amides is 1. The van der Waals surface area contributed by atoms with Gasteiger partial charge in [-0.1, -0.05) is 18.2 Å². The zero-order chi connectivity index (χ0) is 17.4. The van der Waals surface area contributed by atoms with E-state index in [9.17, 15) is 4.79 Å². The van der Waals surface area contributed by atoms with Crippen molar-refractivity contribution in [2.75, 3.05) is 5.32 Å². The van der Waals surface area contributed by atoms with Gasteiger partial charge in [-0.05, 0) is 61.4 Å². The molecule has 2 heterocycles. The van der Waals surface area contributed by atoms with Gasteiger partial charge < -0.3 is 5.32 Å². The van der Waals surface area contributed by atoms with Crippen molar-refractivity contribution in [2.45, 2.75) is 13.8 Å². The number of aromatic nitrogens is 1. The Balaban J connectivity index is 1.57. The number of para-hydroxylation sites is 1. The number of carbonyl (C=O) groups excluding carboxylic acids is 1. The van der Waals surface area contributed by atoms with Crippen LogP contribution < -0.4 is 5.32 Å². The van der Waals surface area contributed by atoms with Gasteiger partial charge in [0.05, 0.1) is 20.0 Å². The molecule has 0 radical (unpaired) electrons. The van der Waals surface area contributed by atoms with E-state index in [1.807, 2.05) is 55.5 Å². The molecule has 4 rings (SSSR count). The Hall–Kier alpha value is -2.50. The van der Waals surface area contributed by atoms with Crippen molar-refractivity contribution in [3.63, 3.8) is 0 Å². The van der Waals surface area contributed by atoms with E-state index in [4.69, 9.17) is 0 Å². The molecule has 0 spiro atoms. The van der Waals surface area contributed by atoms with Gasteiger partial charge in [-0.15, -0.1) is 22.7 Å². The number of nitrogens with zero attached hydrogens (tertiary/aromatic N) is 1. The largest absolute Gasteiger partial charge is 0.321 e. The number of carbonyl (C=O) groups is 1. The third-order valence-corrected chi connectivity index (χ3v) is 6.39. The van der Waals surface area contributed by atoms with Crippen molar-refractivity contribution in [3.05, 3.63) is 70.6 Å². The van der Waals surface area contributed by atoms with Crippen LogP contribution in [0.5, 0.6) is 0 Å². The van der Waals surface area contributed by atoms with E-state index >= 15 is 0 Å². The molecule has 0 unspecified atom stereocenters. The molecule has 0 aliphatic heterocycles. The maximum atomic E-state index is 12.5. The highest BCUT2D eigenvalue weighted by Gasteiger charge is 2.13. The highest BCUT2D eigenvalue weighted by molar-refractivity contribution is 7.26. The van der Waals surface area contributed by atoms with Crippen LogP contribution >= 0.6 is 22.7 Å². The van der Waals surface area contributed by atoms with E-state index < -0.39 is 0 Å². The van der Waals surface area contributed by atoms with Crippen LogP contribution in [-0.4, -0.2) is 10.9 Å². The number of thiophene rings is 1. The number of aryl methyl sites for hydroxylation is 2. The molecule has 5 heteroatoms. The van der Waals surface area contributed by atoms with Crippen molar-refractivity contribution in [1.82, 2.24) is 4.98 Å². The zero-order valence-electron chi connectivity index (χ0n) is 13.9. The van der Waals surface area contributed by atoms with Crippen LogP contribution in [0.25, 0.3) is 20.1 Å².